The number of aromatic carboxylic acids is 1. The van der Waals surface area contributed by atoms with Crippen LogP contribution >= 0.6 is 0 Å². The smallest absolute Gasteiger partial charge is 0.338 e. The molecule has 4 N–H and O–H groups in total. The predicted octanol–water partition coefficient (Wildman–Crippen LogP) is 3.89. The first-order valence-corrected chi connectivity index (χ1v) is 9.57. The molecule has 3 rings (SSSR count). The number of H-pyrrole nitrogens is 1. The standard InChI is InChI=1S/C22H24N2O5/c1-2-29-22(28)15-8-4-3-7-14(15)19-17(23-11-5-6-12-25)9-10-18-20(19)16(13-24-18)21(26)27/h3-4,7-10,13,23-25H,2,5-6,11-12H2,1H3,(H,26,27). The molecule has 7 nitrogen and oxygen atoms in total. The van der Waals surface area contributed by atoms with Gasteiger partial charge in [-0.3, -0.25) is 0 Å². The summed E-state index contributed by atoms with van der Waals surface area (Å²) in [5.74, 6) is -1.51. The lowest BCUT2D eigenvalue weighted by molar-refractivity contribution is 0.0526. The van der Waals surface area contributed by atoms with Crippen molar-refractivity contribution >= 4 is 28.5 Å². The van der Waals surface area contributed by atoms with Crippen LogP contribution in [-0.2, 0) is 4.74 Å². The minimum absolute atomic E-state index is 0.111. The van der Waals surface area contributed by atoms with Crippen molar-refractivity contribution in [2.75, 3.05) is 25.1 Å². The summed E-state index contributed by atoms with van der Waals surface area (Å²) < 4.78 is 5.20. The first-order chi connectivity index (χ1) is 14.1. The van der Waals surface area contributed by atoms with E-state index in [0.717, 1.165) is 6.42 Å². The first-order valence-electron chi connectivity index (χ1n) is 9.57. The highest BCUT2D eigenvalue weighted by atomic mass is 16.5. The van der Waals surface area contributed by atoms with Crippen molar-refractivity contribution in [3.05, 3.63) is 53.7 Å². The third kappa shape index (κ3) is 4.25. The number of carbonyl (C=O) groups is 2. The number of unbranched alkanes of at least 4 members (excludes halogenated alkanes) is 1. The van der Waals surface area contributed by atoms with Gasteiger partial charge < -0.3 is 25.3 Å². The number of ether oxygens (including phenoxy) is 1. The lowest BCUT2D eigenvalue weighted by Crippen LogP contribution is -2.09. The molecule has 0 radical (unpaired) electrons. The monoisotopic (exact) mass is 396 g/mol. The van der Waals surface area contributed by atoms with Crippen LogP contribution in [0.1, 0.15) is 40.5 Å². The number of benzene rings is 2. The van der Waals surface area contributed by atoms with Gasteiger partial charge in [0.1, 0.15) is 0 Å². The van der Waals surface area contributed by atoms with E-state index in [-0.39, 0.29) is 18.8 Å². The van der Waals surface area contributed by atoms with Gasteiger partial charge in [0.05, 0.1) is 17.7 Å². The molecular formula is C22H24N2O5. The third-order valence-corrected chi connectivity index (χ3v) is 4.67. The zero-order valence-corrected chi connectivity index (χ0v) is 16.2. The molecule has 0 saturated heterocycles. The molecule has 0 unspecified atom stereocenters. The van der Waals surface area contributed by atoms with E-state index in [0.29, 0.717) is 46.2 Å². The molecule has 7 heteroatoms. The molecule has 0 atom stereocenters. The first kappa shape index (κ1) is 20.4. The Kier molecular flexibility index (Phi) is 6.51. The minimum Gasteiger partial charge on any atom is -0.478 e. The number of aromatic nitrogens is 1. The van der Waals surface area contributed by atoms with Gasteiger partial charge in [-0.2, -0.15) is 0 Å². The van der Waals surface area contributed by atoms with Crippen LogP contribution in [0.4, 0.5) is 5.69 Å². The summed E-state index contributed by atoms with van der Waals surface area (Å²) in [5, 5.41) is 22.5. The molecule has 0 aliphatic heterocycles. The number of esters is 1. The average molecular weight is 396 g/mol. The Bertz CT molecular complexity index is 1030. The van der Waals surface area contributed by atoms with Crippen LogP contribution in [0.25, 0.3) is 22.0 Å². The summed E-state index contributed by atoms with van der Waals surface area (Å²) in [4.78, 5) is 27.4. The van der Waals surface area contributed by atoms with Crippen molar-refractivity contribution < 1.29 is 24.5 Å². The van der Waals surface area contributed by atoms with Crippen LogP contribution < -0.4 is 5.32 Å². The van der Waals surface area contributed by atoms with E-state index in [2.05, 4.69) is 10.3 Å². The SMILES string of the molecule is CCOC(=O)c1ccccc1-c1c(NCCCCO)ccc2[nH]cc(C(=O)O)c12. The molecule has 0 amide bonds. The molecule has 2 aromatic carbocycles. The average Bonchev–Trinajstić information content (AvgIpc) is 3.15. The Hall–Kier alpha value is -3.32. The molecule has 0 fully saturated rings. The zero-order chi connectivity index (χ0) is 20.8. The van der Waals surface area contributed by atoms with Crippen molar-refractivity contribution in [2.24, 2.45) is 0 Å². The van der Waals surface area contributed by atoms with Gasteiger partial charge in [-0.25, -0.2) is 9.59 Å². The normalized spacial score (nSPS) is 10.8. The van der Waals surface area contributed by atoms with Gasteiger partial charge in [-0.15, -0.1) is 0 Å². The third-order valence-electron chi connectivity index (χ3n) is 4.67. The van der Waals surface area contributed by atoms with Gasteiger partial charge in [0.2, 0.25) is 0 Å². The van der Waals surface area contributed by atoms with Crippen molar-refractivity contribution in [3.63, 3.8) is 0 Å². The summed E-state index contributed by atoms with van der Waals surface area (Å²) in [6, 6.07) is 10.7. The molecule has 0 spiro atoms. The fourth-order valence-corrected chi connectivity index (χ4v) is 3.37. The second kappa shape index (κ2) is 9.25. The van der Waals surface area contributed by atoms with E-state index in [1.54, 1.807) is 31.2 Å². The van der Waals surface area contributed by atoms with E-state index in [1.165, 1.54) is 6.20 Å². The van der Waals surface area contributed by atoms with E-state index >= 15 is 0 Å². The fourth-order valence-electron chi connectivity index (χ4n) is 3.37. The van der Waals surface area contributed by atoms with E-state index in [9.17, 15) is 14.7 Å². The maximum absolute atomic E-state index is 12.5. The molecular weight excluding hydrogens is 372 g/mol. The number of carboxylic acid groups (broad SMARTS) is 1. The number of rotatable bonds is 9. The number of fused-ring (bicyclic) bond motifs is 1. The highest BCUT2D eigenvalue weighted by Gasteiger charge is 2.22. The quantitative estimate of drug-likeness (QED) is 0.322. The molecule has 1 heterocycles. The molecule has 3 aromatic rings. The maximum atomic E-state index is 12.5. The Balaban J connectivity index is 2.22. The number of hydrogen-bond acceptors (Lipinski definition) is 5. The van der Waals surface area contributed by atoms with Gasteiger partial charge in [0.15, 0.2) is 0 Å². The molecule has 0 aliphatic carbocycles. The molecule has 29 heavy (non-hydrogen) atoms. The Morgan fingerprint density at radius 1 is 1.10 bits per heavy atom. The number of nitrogens with one attached hydrogen (secondary N) is 2. The summed E-state index contributed by atoms with van der Waals surface area (Å²) >= 11 is 0. The highest BCUT2D eigenvalue weighted by Crippen LogP contribution is 2.39. The van der Waals surface area contributed by atoms with Gasteiger partial charge in [0.25, 0.3) is 0 Å². The molecule has 1 aromatic heterocycles. The zero-order valence-electron chi connectivity index (χ0n) is 16.2. The van der Waals surface area contributed by atoms with E-state index in [4.69, 9.17) is 9.84 Å². The van der Waals surface area contributed by atoms with Crippen LogP contribution in [0.5, 0.6) is 0 Å². The number of aromatic amines is 1. The van der Waals surface area contributed by atoms with Crippen LogP contribution in [0.15, 0.2) is 42.6 Å². The number of carboxylic acids is 1. The predicted molar refractivity (Wildman–Crippen MR) is 111 cm³/mol. The number of hydrogen-bond donors (Lipinski definition) is 4. The van der Waals surface area contributed by atoms with Crippen molar-refractivity contribution in [2.45, 2.75) is 19.8 Å². The van der Waals surface area contributed by atoms with Crippen LogP contribution in [-0.4, -0.2) is 46.9 Å². The van der Waals surface area contributed by atoms with Crippen molar-refractivity contribution in [1.82, 2.24) is 4.98 Å². The highest BCUT2D eigenvalue weighted by molar-refractivity contribution is 6.14. The Morgan fingerprint density at radius 3 is 2.62 bits per heavy atom. The summed E-state index contributed by atoms with van der Waals surface area (Å²) in [7, 11) is 0. The van der Waals surface area contributed by atoms with E-state index < -0.39 is 11.9 Å². The van der Waals surface area contributed by atoms with Gasteiger partial charge >= 0.3 is 11.9 Å². The molecule has 0 saturated carbocycles. The van der Waals surface area contributed by atoms with Gasteiger partial charge in [-0.1, -0.05) is 18.2 Å². The summed E-state index contributed by atoms with van der Waals surface area (Å²) in [6.45, 7) is 2.70. The number of aliphatic hydroxyl groups excluding tert-OH is 1. The summed E-state index contributed by atoms with van der Waals surface area (Å²) in [5.41, 5.74) is 3.12. The number of carbonyl (C=O) groups excluding carboxylic acids is 1. The lowest BCUT2D eigenvalue weighted by atomic mass is 9.93. The van der Waals surface area contributed by atoms with Crippen molar-refractivity contribution in [3.8, 4) is 11.1 Å². The van der Waals surface area contributed by atoms with E-state index in [1.807, 2.05) is 12.1 Å². The summed E-state index contributed by atoms with van der Waals surface area (Å²) in [6.07, 6.45) is 2.87. The van der Waals surface area contributed by atoms with Crippen molar-refractivity contribution in [1.29, 1.82) is 0 Å². The Labute approximate surface area is 168 Å². The number of anilines is 1. The minimum atomic E-state index is -1.05. The number of aliphatic hydroxyl groups is 1. The van der Waals surface area contributed by atoms with Crippen LogP contribution in [0.3, 0.4) is 0 Å². The fraction of sp³-hybridized carbons (Fsp3) is 0.273. The van der Waals surface area contributed by atoms with Gasteiger partial charge in [-0.05, 0) is 43.5 Å². The second-order valence-corrected chi connectivity index (χ2v) is 6.54. The Morgan fingerprint density at radius 2 is 1.90 bits per heavy atom. The molecule has 152 valence electrons. The largest absolute Gasteiger partial charge is 0.478 e. The second-order valence-electron chi connectivity index (χ2n) is 6.54. The van der Waals surface area contributed by atoms with Gasteiger partial charge in [0, 0.05) is 41.5 Å². The molecule has 0 bridgehead atoms. The maximum Gasteiger partial charge on any atom is 0.338 e. The van der Waals surface area contributed by atoms with Crippen LogP contribution in [0, 0.1) is 0 Å². The van der Waals surface area contributed by atoms with Crippen LogP contribution in [0.2, 0.25) is 0 Å². The lowest BCUT2D eigenvalue weighted by Gasteiger charge is -2.17. The molecule has 0 aliphatic rings. The topological polar surface area (TPSA) is 112 Å².